The third-order valence-corrected chi connectivity index (χ3v) is 2.03. The molecule has 3 nitrogen and oxygen atoms in total. The molecule has 0 aliphatic heterocycles. The fourth-order valence-corrected chi connectivity index (χ4v) is 1.29. The van der Waals surface area contributed by atoms with Crippen LogP contribution in [0.1, 0.15) is 6.92 Å². The van der Waals surface area contributed by atoms with Gasteiger partial charge in [-0.15, -0.1) is 11.6 Å². The molecule has 1 aliphatic rings. The van der Waals surface area contributed by atoms with E-state index in [2.05, 4.69) is 0 Å². The largest absolute Gasteiger partial charge is 0.509 e. The fraction of sp³-hybridized carbons (Fsp3) is 0.375. The first kappa shape index (κ1) is 9.29. The van der Waals surface area contributed by atoms with E-state index in [4.69, 9.17) is 16.7 Å². The summed E-state index contributed by atoms with van der Waals surface area (Å²) in [4.78, 5) is 9.23. The summed E-state index contributed by atoms with van der Waals surface area (Å²) in [5, 5.41) is 18.4. The topological polar surface area (TPSA) is 57.5 Å². The Kier molecular flexibility index (Phi) is 2.26. The van der Waals surface area contributed by atoms with Gasteiger partial charge in [-0.3, -0.25) is 4.79 Å². The van der Waals surface area contributed by atoms with Gasteiger partial charge in [0.25, 0.3) is 0 Å². The molecule has 0 saturated carbocycles. The van der Waals surface area contributed by atoms with Crippen LogP contribution in [0.4, 0.5) is 0 Å². The fourth-order valence-electron chi connectivity index (χ4n) is 1.05. The molecule has 0 fully saturated rings. The lowest BCUT2D eigenvalue weighted by Crippen LogP contribution is -2.36. The molecule has 4 heteroatoms. The van der Waals surface area contributed by atoms with Crippen LogP contribution < -0.4 is 0 Å². The molecule has 0 amide bonds. The number of aldehydes is 1. The highest BCUT2D eigenvalue weighted by molar-refractivity contribution is 6.26. The van der Waals surface area contributed by atoms with Gasteiger partial charge < -0.3 is 10.2 Å². The smallest absolute Gasteiger partial charge is 0.149 e. The van der Waals surface area contributed by atoms with Crippen LogP contribution in [-0.4, -0.2) is 27.5 Å². The number of halogens is 1. The van der Waals surface area contributed by atoms with E-state index in [9.17, 15) is 9.90 Å². The molecule has 0 spiro atoms. The van der Waals surface area contributed by atoms with Crippen LogP contribution in [0.2, 0.25) is 0 Å². The molecule has 1 rings (SSSR count). The van der Waals surface area contributed by atoms with E-state index in [1.54, 1.807) is 0 Å². The van der Waals surface area contributed by atoms with Gasteiger partial charge in [0, 0.05) is 5.57 Å². The normalized spacial score (nSPS) is 35.4. The number of aliphatic hydroxyl groups excluding tert-OH is 2. The third kappa shape index (κ3) is 1.52. The maximum Gasteiger partial charge on any atom is 0.149 e. The lowest BCUT2D eigenvalue weighted by atomic mass is 9.93. The van der Waals surface area contributed by atoms with Crippen molar-refractivity contribution in [1.29, 1.82) is 0 Å². The summed E-state index contributed by atoms with van der Waals surface area (Å²) in [6.07, 6.45) is 2.03. The zero-order valence-corrected chi connectivity index (χ0v) is 7.25. The summed E-state index contributed by atoms with van der Waals surface area (Å²) in [7, 11) is 0. The van der Waals surface area contributed by atoms with Gasteiger partial charge in [0.1, 0.15) is 18.1 Å². The zero-order chi connectivity index (χ0) is 9.35. The van der Waals surface area contributed by atoms with E-state index in [-0.39, 0.29) is 11.3 Å². The second-order valence-electron chi connectivity index (χ2n) is 2.89. The molecule has 2 unspecified atom stereocenters. The monoisotopic (exact) mass is 188 g/mol. The van der Waals surface area contributed by atoms with Gasteiger partial charge in [-0.25, -0.2) is 0 Å². The lowest BCUT2D eigenvalue weighted by Gasteiger charge is -2.27. The minimum Gasteiger partial charge on any atom is -0.509 e. The first-order valence-electron chi connectivity index (χ1n) is 3.43. The number of rotatable bonds is 1. The van der Waals surface area contributed by atoms with Gasteiger partial charge in [-0.1, -0.05) is 6.08 Å². The van der Waals surface area contributed by atoms with Gasteiger partial charge in [-0.05, 0) is 13.0 Å². The van der Waals surface area contributed by atoms with E-state index in [1.165, 1.54) is 19.1 Å². The predicted molar refractivity (Wildman–Crippen MR) is 45.1 cm³/mol. The third-order valence-electron chi connectivity index (χ3n) is 1.71. The molecular weight excluding hydrogens is 180 g/mol. The van der Waals surface area contributed by atoms with Crippen molar-refractivity contribution in [2.45, 2.75) is 17.9 Å². The van der Waals surface area contributed by atoms with Crippen molar-refractivity contribution in [1.82, 2.24) is 0 Å². The molecule has 2 atom stereocenters. The molecule has 0 aromatic rings. The molecule has 66 valence electrons. The molecule has 0 saturated heterocycles. The number of carbonyl (C=O) groups excluding carboxylic acids is 1. The quantitative estimate of drug-likeness (QED) is 0.475. The van der Waals surface area contributed by atoms with Crippen LogP contribution in [0.15, 0.2) is 23.5 Å². The maximum absolute atomic E-state index is 10.3. The lowest BCUT2D eigenvalue weighted by molar-refractivity contribution is -0.104. The Bertz CT molecular complexity index is 265. The Morgan fingerprint density at radius 3 is 2.75 bits per heavy atom. The van der Waals surface area contributed by atoms with E-state index >= 15 is 0 Å². The maximum atomic E-state index is 10.3. The van der Waals surface area contributed by atoms with Crippen LogP contribution in [0.25, 0.3) is 0 Å². The average molecular weight is 189 g/mol. The number of hydrogen-bond donors (Lipinski definition) is 2. The molecular formula is C8H9ClO3. The number of hydrogen-bond acceptors (Lipinski definition) is 3. The zero-order valence-electron chi connectivity index (χ0n) is 6.49. The first-order chi connectivity index (χ1) is 5.47. The van der Waals surface area contributed by atoms with E-state index in [0.717, 1.165) is 0 Å². The van der Waals surface area contributed by atoms with Crippen molar-refractivity contribution < 1.29 is 15.0 Å². The number of alkyl halides is 1. The summed E-state index contributed by atoms with van der Waals surface area (Å²) in [5.41, 5.74) is 0.273. The summed E-state index contributed by atoms with van der Waals surface area (Å²) in [6, 6.07) is 0. The van der Waals surface area contributed by atoms with E-state index in [0.29, 0.717) is 6.29 Å². The minimum atomic E-state index is -1.15. The van der Waals surface area contributed by atoms with Crippen molar-refractivity contribution in [3.8, 4) is 0 Å². The molecule has 0 aromatic carbocycles. The highest BCUT2D eigenvalue weighted by Crippen LogP contribution is 2.30. The number of carbonyl (C=O) groups is 1. The van der Waals surface area contributed by atoms with Gasteiger partial charge in [0.2, 0.25) is 0 Å². The SMILES string of the molecule is CC1(Cl)C=C(C=O)C=C(O)C1O. The molecule has 0 heterocycles. The number of allylic oxidation sites excluding steroid dienone is 2. The van der Waals surface area contributed by atoms with Gasteiger partial charge >= 0.3 is 0 Å². The van der Waals surface area contributed by atoms with Crippen molar-refractivity contribution in [2.75, 3.05) is 0 Å². The Labute approximate surface area is 75.0 Å². The van der Waals surface area contributed by atoms with Crippen LogP contribution >= 0.6 is 11.6 Å². The Balaban J connectivity index is 3.06. The van der Waals surface area contributed by atoms with Gasteiger partial charge in [0.05, 0.1) is 4.87 Å². The summed E-state index contributed by atoms with van der Waals surface area (Å²) in [6.45, 7) is 1.52. The van der Waals surface area contributed by atoms with Crippen LogP contribution in [0, 0.1) is 0 Å². The van der Waals surface area contributed by atoms with Gasteiger partial charge in [0.15, 0.2) is 0 Å². The van der Waals surface area contributed by atoms with Crippen molar-refractivity contribution >= 4 is 17.9 Å². The van der Waals surface area contributed by atoms with E-state index in [1.807, 2.05) is 0 Å². The molecule has 1 aliphatic carbocycles. The molecule has 0 radical (unpaired) electrons. The Hall–Kier alpha value is -0.800. The minimum absolute atomic E-state index is 0.273. The Morgan fingerprint density at radius 1 is 1.75 bits per heavy atom. The van der Waals surface area contributed by atoms with Gasteiger partial charge in [-0.2, -0.15) is 0 Å². The van der Waals surface area contributed by atoms with E-state index < -0.39 is 11.0 Å². The summed E-state index contributed by atoms with van der Waals surface area (Å²) in [5.74, 6) is -0.280. The highest BCUT2D eigenvalue weighted by Gasteiger charge is 2.34. The van der Waals surface area contributed by atoms with Crippen molar-refractivity contribution in [3.05, 3.63) is 23.5 Å². The van der Waals surface area contributed by atoms with Crippen molar-refractivity contribution in [3.63, 3.8) is 0 Å². The average Bonchev–Trinajstić information content (AvgIpc) is 1.99. The molecule has 0 bridgehead atoms. The molecule has 12 heavy (non-hydrogen) atoms. The van der Waals surface area contributed by atoms with Crippen LogP contribution in [0.5, 0.6) is 0 Å². The van der Waals surface area contributed by atoms with Crippen LogP contribution in [0.3, 0.4) is 0 Å². The highest BCUT2D eigenvalue weighted by atomic mass is 35.5. The molecule has 0 aromatic heterocycles. The first-order valence-corrected chi connectivity index (χ1v) is 3.81. The standard InChI is InChI=1S/C8H9ClO3/c1-8(9)3-5(4-10)2-6(11)7(8)12/h2-4,7,11-12H,1H3. The molecule has 2 N–H and O–H groups in total. The Morgan fingerprint density at radius 2 is 2.33 bits per heavy atom. The second kappa shape index (κ2) is 2.92. The predicted octanol–water partition coefficient (Wildman–Crippen LogP) is 0.926. The van der Waals surface area contributed by atoms with Crippen molar-refractivity contribution in [2.24, 2.45) is 0 Å². The number of aliphatic hydroxyl groups is 2. The summed E-state index contributed by atoms with van der Waals surface area (Å²) < 4.78 is 0. The second-order valence-corrected chi connectivity index (χ2v) is 3.70. The van der Waals surface area contributed by atoms with Crippen LogP contribution in [-0.2, 0) is 4.79 Å². The summed E-state index contributed by atoms with van der Waals surface area (Å²) >= 11 is 5.80.